The topological polar surface area (TPSA) is 48.7 Å². The second-order valence-corrected chi connectivity index (χ2v) is 3.62. The van der Waals surface area contributed by atoms with E-state index in [4.69, 9.17) is 5.26 Å². The smallest absolute Gasteiger partial charge is 0.0638 e. The van der Waals surface area contributed by atoms with Crippen molar-refractivity contribution in [1.82, 2.24) is 10.3 Å². The van der Waals surface area contributed by atoms with Crippen LogP contribution in [0.2, 0.25) is 0 Å². The van der Waals surface area contributed by atoms with Crippen LogP contribution in [-0.2, 0) is 6.54 Å². The van der Waals surface area contributed by atoms with Crippen LogP contribution in [0.4, 0.5) is 0 Å². The van der Waals surface area contributed by atoms with Gasteiger partial charge < -0.3 is 5.32 Å². The van der Waals surface area contributed by atoms with E-state index in [9.17, 15) is 0 Å². The summed E-state index contributed by atoms with van der Waals surface area (Å²) in [6, 6.07) is 8.44. The van der Waals surface area contributed by atoms with Crippen LogP contribution in [0.3, 0.4) is 0 Å². The first-order chi connectivity index (χ1) is 7.26. The molecular weight excluding hydrogens is 186 g/mol. The average Bonchev–Trinajstić information content (AvgIpc) is 2.24. The van der Waals surface area contributed by atoms with Gasteiger partial charge in [-0.2, -0.15) is 5.26 Å². The van der Waals surface area contributed by atoms with Crippen LogP contribution >= 0.6 is 0 Å². The molecular formula is C12H17N3. The van der Waals surface area contributed by atoms with E-state index in [-0.39, 0.29) is 6.04 Å². The summed E-state index contributed by atoms with van der Waals surface area (Å²) in [5.74, 6) is 0. The Labute approximate surface area is 91.1 Å². The van der Waals surface area contributed by atoms with E-state index in [1.165, 1.54) is 0 Å². The van der Waals surface area contributed by atoms with Gasteiger partial charge in [-0.1, -0.05) is 13.0 Å². The van der Waals surface area contributed by atoms with E-state index in [1.807, 2.05) is 25.1 Å². The predicted octanol–water partition coefficient (Wildman–Crippen LogP) is 2.17. The van der Waals surface area contributed by atoms with E-state index in [0.717, 1.165) is 24.4 Å². The van der Waals surface area contributed by atoms with Gasteiger partial charge in [0, 0.05) is 18.3 Å². The van der Waals surface area contributed by atoms with Gasteiger partial charge in [0.2, 0.25) is 0 Å². The third kappa shape index (κ3) is 4.09. The van der Waals surface area contributed by atoms with Crippen molar-refractivity contribution in [1.29, 1.82) is 5.26 Å². The first kappa shape index (κ1) is 11.7. The maximum Gasteiger partial charge on any atom is 0.0638 e. The van der Waals surface area contributed by atoms with Crippen LogP contribution in [-0.4, -0.2) is 11.0 Å². The number of aryl methyl sites for hydroxylation is 1. The molecule has 1 atom stereocenters. The Balaban J connectivity index is 2.46. The molecule has 0 aliphatic heterocycles. The van der Waals surface area contributed by atoms with E-state index in [1.54, 1.807) is 0 Å². The van der Waals surface area contributed by atoms with Crippen molar-refractivity contribution in [3.63, 3.8) is 0 Å². The van der Waals surface area contributed by atoms with Crippen LogP contribution in [0.15, 0.2) is 18.2 Å². The largest absolute Gasteiger partial charge is 0.307 e. The van der Waals surface area contributed by atoms with E-state index >= 15 is 0 Å². The third-order valence-corrected chi connectivity index (χ3v) is 2.35. The Morgan fingerprint density at radius 3 is 2.93 bits per heavy atom. The summed E-state index contributed by atoms with van der Waals surface area (Å²) in [6.07, 6.45) is 1.53. The number of nitriles is 1. The number of rotatable bonds is 5. The van der Waals surface area contributed by atoms with Crippen LogP contribution < -0.4 is 5.32 Å². The normalized spacial score (nSPS) is 12.1. The van der Waals surface area contributed by atoms with Crippen molar-refractivity contribution >= 4 is 0 Å². The molecule has 0 bridgehead atoms. The number of pyridine rings is 1. The van der Waals surface area contributed by atoms with Crippen LogP contribution in [0.5, 0.6) is 0 Å². The fraction of sp³-hybridized carbons (Fsp3) is 0.500. The molecule has 1 unspecified atom stereocenters. The molecule has 0 aliphatic rings. The quantitative estimate of drug-likeness (QED) is 0.797. The number of aromatic nitrogens is 1. The number of nitrogens with one attached hydrogen (secondary N) is 1. The zero-order chi connectivity index (χ0) is 11.1. The van der Waals surface area contributed by atoms with Crippen molar-refractivity contribution < 1.29 is 0 Å². The lowest BCUT2D eigenvalue weighted by molar-refractivity contribution is 0.500. The lowest BCUT2D eigenvalue weighted by atomic mass is 10.1. The van der Waals surface area contributed by atoms with Gasteiger partial charge in [0.15, 0.2) is 0 Å². The minimum atomic E-state index is 0.275. The second kappa shape index (κ2) is 6.15. The molecule has 3 nitrogen and oxygen atoms in total. The molecule has 0 spiro atoms. The molecule has 0 saturated carbocycles. The summed E-state index contributed by atoms with van der Waals surface area (Å²) in [7, 11) is 0. The average molecular weight is 203 g/mol. The molecule has 1 aromatic rings. The van der Waals surface area contributed by atoms with E-state index in [2.05, 4.69) is 23.3 Å². The highest BCUT2D eigenvalue weighted by Gasteiger charge is 2.04. The summed E-state index contributed by atoms with van der Waals surface area (Å²) in [5, 5.41) is 11.9. The molecule has 0 amide bonds. The minimum Gasteiger partial charge on any atom is -0.307 e. The summed E-state index contributed by atoms with van der Waals surface area (Å²) in [4.78, 5) is 4.39. The van der Waals surface area contributed by atoms with Gasteiger partial charge >= 0.3 is 0 Å². The van der Waals surface area contributed by atoms with Crippen molar-refractivity contribution in [3.8, 4) is 6.07 Å². The highest BCUT2D eigenvalue weighted by atomic mass is 14.9. The SMILES string of the molecule is CCC(CC#N)NCc1cccc(C)n1. The molecule has 0 aliphatic carbocycles. The standard InChI is InChI=1S/C12H17N3/c1-3-11(7-8-13)14-9-12-6-4-5-10(2)15-12/h4-6,11,14H,3,7,9H2,1-2H3. The van der Waals surface area contributed by atoms with Gasteiger partial charge in [-0.3, -0.25) is 4.98 Å². The maximum absolute atomic E-state index is 8.60. The summed E-state index contributed by atoms with van der Waals surface area (Å²) in [5.41, 5.74) is 2.06. The molecule has 0 saturated heterocycles. The maximum atomic E-state index is 8.60. The molecule has 0 radical (unpaired) electrons. The van der Waals surface area contributed by atoms with Gasteiger partial charge in [-0.25, -0.2) is 0 Å². The Bertz CT molecular complexity index is 341. The Hall–Kier alpha value is -1.40. The van der Waals surface area contributed by atoms with Crippen molar-refractivity contribution in [2.24, 2.45) is 0 Å². The minimum absolute atomic E-state index is 0.275. The van der Waals surface area contributed by atoms with Crippen molar-refractivity contribution in [2.75, 3.05) is 0 Å². The lowest BCUT2D eigenvalue weighted by Gasteiger charge is -2.12. The highest BCUT2D eigenvalue weighted by Crippen LogP contribution is 2.01. The zero-order valence-electron chi connectivity index (χ0n) is 9.33. The molecule has 15 heavy (non-hydrogen) atoms. The van der Waals surface area contributed by atoms with Crippen molar-refractivity contribution in [3.05, 3.63) is 29.6 Å². The van der Waals surface area contributed by atoms with Gasteiger partial charge in [0.25, 0.3) is 0 Å². The second-order valence-electron chi connectivity index (χ2n) is 3.62. The molecule has 1 rings (SSSR count). The molecule has 1 N–H and O–H groups in total. The third-order valence-electron chi connectivity index (χ3n) is 2.35. The van der Waals surface area contributed by atoms with Crippen LogP contribution in [0.1, 0.15) is 31.2 Å². The monoisotopic (exact) mass is 203 g/mol. The molecule has 3 heteroatoms. The molecule has 1 aromatic heterocycles. The number of hydrogen-bond acceptors (Lipinski definition) is 3. The Kier molecular flexibility index (Phi) is 4.79. The predicted molar refractivity (Wildman–Crippen MR) is 60.1 cm³/mol. The fourth-order valence-electron chi connectivity index (χ4n) is 1.42. The van der Waals surface area contributed by atoms with Crippen molar-refractivity contribution in [2.45, 2.75) is 39.3 Å². The van der Waals surface area contributed by atoms with Gasteiger partial charge in [-0.05, 0) is 25.5 Å². The summed E-state index contributed by atoms with van der Waals surface area (Å²) in [6.45, 7) is 4.80. The van der Waals surface area contributed by atoms with Gasteiger partial charge in [-0.15, -0.1) is 0 Å². The zero-order valence-corrected chi connectivity index (χ0v) is 9.33. The number of nitrogens with zero attached hydrogens (tertiary/aromatic N) is 2. The summed E-state index contributed by atoms with van der Waals surface area (Å²) >= 11 is 0. The van der Waals surface area contributed by atoms with E-state index in [0.29, 0.717) is 6.42 Å². The molecule has 0 aromatic carbocycles. The molecule has 1 heterocycles. The first-order valence-corrected chi connectivity index (χ1v) is 5.29. The van der Waals surface area contributed by atoms with Crippen LogP contribution in [0, 0.1) is 18.3 Å². The van der Waals surface area contributed by atoms with E-state index < -0.39 is 0 Å². The summed E-state index contributed by atoms with van der Waals surface area (Å²) < 4.78 is 0. The lowest BCUT2D eigenvalue weighted by Crippen LogP contribution is -2.27. The Morgan fingerprint density at radius 1 is 1.53 bits per heavy atom. The molecule has 0 fully saturated rings. The number of hydrogen-bond donors (Lipinski definition) is 1. The fourth-order valence-corrected chi connectivity index (χ4v) is 1.42. The van der Waals surface area contributed by atoms with Gasteiger partial charge in [0.05, 0.1) is 18.2 Å². The van der Waals surface area contributed by atoms with Crippen LogP contribution in [0.25, 0.3) is 0 Å². The van der Waals surface area contributed by atoms with Gasteiger partial charge in [0.1, 0.15) is 0 Å². The first-order valence-electron chi connectivity index (χ1n) is 5.29. The highest BCUT2D eigenvalue weighted by molar-refractivity contribution is 5.09. The molecule has 80 valence electrons. The Morgan fingerprint density at radius 2 is 2.33 bits per heavy atom.